The molecule has 1 atom stereocenters. The van der Waals surface area contributed by atoms with Crippen molar-refractivity contribution >= 4 is 22.6 Å². The molecule has 2 heterocycles. The van der Waals surface area contributed by atoms with Gasteiger partial charge in [0.05, 0.1) is 31.8 Å². The summed E-state index contributed by atoms with van der Waals surface area (Å²) in [6.07, 6.45) is 3.04. The highest BCUT2D eigenvalue weighted by molar-refractivity contribution is 5.96. The lowest BCUT2D eigenvalue weighted by Gasteiger charge is -2.18. The van der Waals surface area contributed by atoms with Gasteiger partial charge in [0.25, 0.3) is 0 Å². The summed E-state index contributed by atoms with van der Waals surface area (Å²) in [6.45, 7) is 5.40. The van der Waals surface area contributed by atoms with Crippen LogP contribution in [-0.2, 0) is 17.8 Å². The molecule has 0 saturated carbocycles. The van der Waals surface area contributed by atoms with Crippen molar-refractivity contribution in [2.75, 3.05) is 32.3 Å². The van der Waals surface area contributed by atoms with Crippen LogP contribution in [0.2, 0.25) is 0 Å². The van der Waals surface area contributed by atoms with Crippen molar-refractivity contribution in [2.24, 2.45) is 0 Å². The molecule has 1 amide bonds. The molecule has 0 aliphatic carbocycles. The SMILES string of the molecule is C=CCc1ccc(OCCn2c([C@H]3CC(=O)N(c4cccc(OC)c4)C3)nc3ccccc32)c(OC)c1. The molecule has 1 aliphatic heterocycles. The second-order valence-electron chi connectivity index (χ2n) is 9.04. The molecule has 1 aromatic heterocycles. The number of para-hydroxylation sites is 2. The number of carbonyl (C=O) groups is 1. The number of fused-ring (bicyclic) bond motifs is 1. The van der Waals surface area contributed by atoms with Gasteiger partial charge in [-0.1, -0.05) is 30.3 Å². The standard InChI is InChI=1S/C30H31N3O4/c1-4-8-21-13-14-27(28(17-21)36-3)37-16-15-32-26-12-6-5-11-25(26)31-30(32)22-18-29(34)33(20-22)23-9-7-10-24(19-23)35-2/h4-7,9-14,17,19,22H,1,8,15-16,18,20H2,2-3H3/t22-/m0/s1. The Bertz CT molecular complexity index is 1430. The van der Waals surface area contributed by atoms with Crippen LogP contribution in [-0.4, -0.2) is 42.8 Å². The summed E-state index contributed by atoms with van der Waals surface area (Å²) in [4.78, 5) is 19.8. The fourth-order valence-corrected chi connectivity index (χ4v) is 4.92. The quantitative estimate of drug-likeness (QED) is 0.275. The third-order valence-corrected chi connectivity index (χ3v) is 6.72. The summed E-state index contributed by atoms with van der Waals surface area (Å²) in [6, 6.07) is 21.6. The summed E-state index contributed by atoms with van der Waals surface area (Å²) < 4.78 is 19.2. The maximum Gasteiger partial charge on any atom is 0.227 e. The van der Waals surface area contributed by atoms with E-state index in [0.717, 1.165) is 40.3 Å². The van der Waals surface area contributed by atoms with E-state index in [4.69, 9.17) is 19.2 Å². The van der Waals surface area contributed by atoms with Gasteiger partial charge in [0, 0.05) is 30.6 Å². The van der Waals surface area contributed by atoms with Crippen molar-refractivity contribution in [3.8, 4) is 17.2 Å². The summed E-state index contributed by atoms with van der Waals surface area (Å²) >= 11 is 0. The largest absolute Gasteiger partial charge is 0.497 e. The first-order valence-corrected chi connectivity index (χ1v) is 12.4. The van der Waals surface area contributed by atoms with Gasteiger partial charge in [-0.05, 0) is 48.4 Å². The molecule has 0 radical (unpaired) electrons. The van der Waals surface area contributed by atoms with E-state index in [1.54, 1.807) is 14.2 Å². The molecule has 3 aromatic carbocycles. The van der Waals surface area contributed by atoms with Crippen molar-refractivity contribution < 1.29 is 19.0 Å². The van der Waals surface area contributed by atoms with Crippen LogP contribution in [0.4, 0.5) is 5.69 Å². The number of ether oxygens (including phenoxy) is 3. The average molecular weight is 498 g/mol. The first-order chi connectivity index (χ1) is 18.1. The fourth-order valence-electron chi connectivity index (χ4n) is 4.92. The van der Waals surface area contributed by atoms with Crippen LogP contribution < -0.4 is 19.1 Å². The highest BCUT2D eigenvalue weighted by atomic mass is 16.5. The predicted molar refractivity (Wildman–Crippen MR) is 145 cm³/mol. The summed E-state index contributed by atoms with van der Waals surface area (Å²) in [5, 5.41) is 0. The Kier molecular flexibility index (Phi) is 7.12. The number of nitrogens with zero attached hydrogens (tertiary/aromatic N) is 3. The molecule has 0 bridgehead atoms. The van der Waals surface area contributed by atoms with Crippen LogP contribution in [0.1, 0.15) is 23.7 Å². The number of hydrogen-bond acceptors (Lipinski definition) is 5. The summed E-state index contributed by atoms with van der Waals surface area (Å²) in [7, 11) is 3.27. The second-order valence-corrected chi connectivity index (χ2v) is 9.04. The zero-order chi connectivity index (χ0) is 25.8. The molecule has 0 spiro atoms. The molecule has 190 valence electrons. The number of aromatic nitrogens is 2. The van der Waals surface area contributed by atoms with Crippen LogP contribution in [0.25, 0.3) is 11.0 Å². The zero-order valence-corrected chi connectivity index (χ0v) is 21.2. The predicted octanol–water partition coefficient (Wildman–Crippen LogP) is 5.38. The molecule has 37 heavy (non-hydrogen) atoms. The van der Waals surface area contributed by atoms with Crippen LogP contribution in [0.5, 0.6) is 17.2 Å². The van der Waals surface area contributed by atoms with Crippen molar-refractivity contribution in [1.82, 2.24) is 9.55 Å². The molecular formula is C30H31N3O4. The fraction of sp³-hybridized carbons (Fsp3) is 0.267. The minimum Gasteiger partial charge on any atom is -0.497 e. The number of methoxy groups -OCH3 is 2. The average Bonchev–Trinajstić information content (AvgIpc) is 3.50. The van der Waals surface area contributed by atoms with E-state index in [2.05, 4.69) is 17.2 Å². The molecule has 0 N–H and O–H groups in total. The lowest BCUT2D eigenvalue weighted by molar-refractivity contribution is -0.117. The Labute approximate surface area is 216 Å². The van der Waals surface area contributed by atoms with Crippen LogP contribution >= 0.6 is 0 Å². The number of allylic oxidation sites excluding steroid dienone is 1. The van der Waals surface area contributed by atoms with Crippen molar-refractivity contribution in [3.63, 3.8) is 0 Å². The molecule has 0 unspecified atom stereocenters. The van der Waals surface area contributed by atoms with E-state index in [1.165, 1.54) is 0 Å². The molecule has 4 aromatic rings. The Balaban J connectivity index is 1.37. The van der Waals surface area contributed by atoms with Crippen molar-refractivity contribution in [3.05, 3.63) is 90.8 Å². The molecule has 1 saturated heterocycles. The number of benzene rings is 3. The minimum atomic E-state index is -0.0289. The third kappa shape index (κ3) is 5.03. The molecule has 1 aliphatic rings. The van der Waals surface area contributed by atoms with Crippen LogP contribution in [0.3, 0.4) is 0 Å². The number of carbonyl (C=O) groups excluding carboxylic acids is 1. The number of amides is 1. The number of imidazole rings is 1. The molecular weight excluding hydrogens is 466 g/mol. The Morgan fingerprint density at radius 1 is 1.03 bits per heavy atom. The molecule has 7 heteroatoms. The number of rotatable bonds is 10. The topological polar surface area (TPSA) is 65.8 Å². The van der Waals surface area contributed by atoms with E-state index in [9.17, 15) is 4.79 Å². The van der Waals surface area contributed by atoms with Gasteiger partial charge in [-0.15, -0.1) is 6.58 Å². The summed E-state index contributed by atoms with van der Waals surface area (Å²) in [5.74, 6) is 3.08. The van der Waals surface area contributed by atoms with Gasteiger partial charge in [-0.25, -0.2) is 4.98 Å². The highest BCUT2D eigenvalue weighted by Gasteiger charge is 2.35. The van der Waals surface area contributed by atoms with Crippen LogP contribution in [0, 0.1) is 0 Å². The molecule has 7 nitrogen and oxygen atoms in total. The lowest BCUT2D eigenvalue weighted by Crippen LogP contribution is -2.24. The van der Waals surface area contributed by atoms with Crippen molar-refractivity contribution in [1.29, 1.82) is 0 Å². The van der Waals surface area contributed by atoms with Gasteiger partial charge in [0.15, 0.2) is 11.5 Å². The molecule has 5 rings (SSSR count). The van der Waals surface area contributed by atoms with E-state index >= 15 is 0 Å². The van der Waals surface area contributed by atoms with E-state index in [-0.39, 0.29) is 11.8 Å². The van der Waals surface area contributed by atoms with Crippen LogP contribution in [0.15, 0.2) is 79.4 Å². The van der Waals surface area contributed by atoms with E-state index in [0.29, 0.717) is 37.6 Å². The van der Waals surface area contributed by atoms with E-state index in [1.807, 2.05) is 71.6 Å². The Morgan fingerprint density at radius 3 is 2.70 bits per heavy atom. The van der Waals surface area contributed by atoms with Gasteiger partial charge >= 0.3 is 0 Å². The van der Waals surface area contributed by atoms with Crippen molar-refractivity contribution in [2.45, 2.75) is 25.3 Å². The highest BCUT2D eigenvalue weighted by Crippen LogP contribution is 2.34. The summed E-state index contributed by atoms with van der Waals surface area (Å²) in [5.41, 5.74) is 3.90. The number of hydrogen-bond donors (Lipinski definition) is 0. The Morgan fingerprint density at radius 2 is 1.89 bits per heavy atom. The van der Waals surface area contributed by atoms with Gasteiger partial charge in [-0.2, -0.15) is 0 Å². The smallest absolute Gasteiger partial charge is 0.227 e. The monoisotopic (exact) mass is 497 g/mol. The number of anilines is 1. The normalized spacial score (nSPS) is 15.2. The molecule has 1 fully saturated rings. The lowest BCUT2D eigenvalue weighted by atomic mass is 10.1. The second kappa shape index (κ2) is 10.8. The van der Waals surface area contributed by atoms with Gasteiger partial charge in [0.1, 0.15) is 18.2 Å². The zero-order valence-electron chi connectivity index (χ0n) is 21.2. The third-order valence-electron chi connectivity index (χ3n) is 6.72. The maximum atomic E-state index is 13.0. The van der Waals surface area contributed by atoms with E-state index < -0.39 is 0 Å². The maximum absolute atomic E-state index is 13.0. The first-order valence-electron chi connectivity index (χ1n) is 12.4. The Hall–Kier alpha value is -4.26. The van der Waals surface area contributed by atoms with Gasteiger partial charge in [-0.3, -0.25) is 4.79 Å². The minimum absolute atomic E-state index is 0.0289. The van der Waals surface area contributed by atoms with Gasteiger partial charge < -0.3 is 23.7 Å². The van der Waals surface area contributed by atoms with Gasteiger partial charge in [0.2, 0.25) is 5.91 Å². The first kappa shape index (κ1) is 24.4.